The maximum atomic E-state index is 12.7. The van der Waals surface area contributed by atoms with Crippen LogP contribution >= 0.6 is 0 Å². The Balaban J connectivity index is 2.12. The largest absolute Gasteiger partial charge is 0.340 e. The molecule has 0 radical (unpaired) electrons. The first kappa shape index (κ1) is 19.2. The molecule has 25 heavy (non-hydrogen) atoms. The van der Waals surface area contributed by atoms with E-state index in [0.717, 1.165) is 22.3 Å². The summed E-state index contributed by atoms with van der Waals surface area (Å²) in [5, 5.41) is -1.07. The van der Waals surface area contributed by atoms with Gasteiger partial charge in [-0.1, -0.05) is 54.1 Å². The second-order valence-corrected chi connectivity index (χ2v) is 8.88. The quantitative estimate of drug-likeness (QED) is 0.795. The highest BCUT2D eigenvalue weighted by Crippen LogP contribution is 2.18. The lowest BCUT2D eigenvalue weighted by Crippen LogP contribution is -2.39. The summed E-state index contributed by atoms with van der Waals surface area (Å²) in [5.41, 5.74) is 3.66. The molecule has 0 aliphatic rings. The molecule has 0 fully saturated rings. The number of hydrogen-bond donors (Lipinski definition) is 0. The van der Waals surface area contributed by atoms with Gasteiger partial charge in [-0.05, 0) is 37.5 Å². The average molecular weight is 359 g/mol. The van der Waals surface area contributed by atoms with Crippen LogP contribution in [0.2, 0.25) is 0 Å². The maximum Gasteiger partial charge on any atom is 0.240 e. The molecule has 0 N–H and O–H groups in total. The topological polar surface area (TPSA) is 54.5 Å². The van der Waals surface area contributed by atoms with E-state index < -0.39 is 15.1 Å². The molecule has 0 heterocycles. The molecule has 1 amide bonds. The molecule has 134 valence electrons. The third-order valence-electron chi connectivity index (χ3n) is 4.39. The van der Waals surface area contributed by atoms with E-state index in [1.54, 1.807) is 7.05 Å². The van der Waals surface area contributed by atoms with Crippen molar-refractivity contribution in [2.24, 2.45) is 0 Å². The molecule has 0 spiro atoms. The summed E-state index contributed by atoms with van der Waals surface area (Å²) in [6.07, 6.45) is 0. The summed E-state index contributed by atoms with van der Waals surface area (Å²) in [4.78, 5) is 14.1. The number of benzene rings is 2. The zero-order valence-corrected chi connectivity index (χ0v) is 16.0. The van der Waals surface area contributed by atoms with Gasteiger partial charge in [-0.25, -0.2) is 8.42 Å². The number of rotatable bonds is 6. The molecule has 0 saturated heterocycles. The molecule has 2 aromatic carbocycles. The smallest absolute Gasteiger partial charge is 0.240 e. The van der Waals surface area contributed by atoms with E-state index in [4.69, 9.17) is 0 Å². The summed E-state index contributed by atoms with van der Waals surface area (Å²) in [5.74, 6) is -0.499. The molecule has 0 aliphatic heterocycles. The SMILES string of the molecule is Cc1ccc(C)c(CS(=O)(=O)[C@H](C)C(=O)N(C)Cc2ccccc2)c1. The number of carbonyl (C=O) groups is 1. The van der Waals surface area contributed by atoms with Crippen molar-refractivity contribution < 1.29 is 13.2 Å². The highest BCUT2D eigenvalue weighted by atomic mass is 32.2. The van der Waals surface area contributed by atoms with E-state index in [1.807, 2.05) is 62.4 Å². The minimum atomic E-state index is -3.58. The molecule has 0 bridgehead atoms. The number of amides is 1. The fourth-order valence-electron chi connectivity index (χ4n) is 2.70. The van der Waals surface area contributed by atoms with Crippen molar-refractivity contribution in [3.05, 3.63) is 70.8 Å². The molecule has 5 heteroatoms. The van der Waals surface area contributed by atoms with Crippen LogP contribution in [0.4, 0.5) is 0 Å². The van der Waals surface area contributed by atoms with E-state index in [-0.39, 0.29) is 11.7 Å². The van der Waals surface area contributed by atoms with Gasteiger partial charge in [-0.2, -0.15) is 0 Å². The van der Waals surface area contributed by atoms with Crippen molar-refractivity contribution in [1.82, 2.24) is 4.90 Å². The standard InChI is InChI=1S/C20H25NO3S/c1-15-10-11-16(2)19(12-15)14-25(23,24)17(3)20(22)21(4)13-18-8-6-5-7-9-18/h5-12,17H,13-14H2,1-4H3/t17-/m1/s1. The maximum absolute atomic E-state index is 12.7. The van der Waals surface area contributed by atoms with E-state index in [1.165, 1.54) is 11.8 Å². The third-order valence-corrected chi connectivity index (χ3v) is 6.38. The normalized spacial score (nSPS) is 12.6. The lowest BCUT2D eigenvalue weighted by molar-refractivity contribution is -0.129. The second-order valence-electron chi connectivity index (χ2n) is 6.56. The third kappa shape index (κ3) is 4.92. The Hall–Kier alpha value is -2.14. The molecule has 4 nitrogen and oxygen atoms in total. The summed E-state index contributed by atoms with van der Waals surface area (Å²) in [6.45, 7) is 5.68. The first-order valence-electron chi connectivity index (χ1n) is 8.27. The van der Waals surface area contributed by atoms with Crippen LogP contribution in [0.1, 0.15) is 29.2 Å². The zero-order valence-electron chi connectivity index (χ0n) is 15.2. The van der Waals surface area contributed by atoms with Gasteiger partial charge in [0.1, 0.15) is 5.25 Å². The summed E-state index contributed by atoms with van der Waals surface area (Å²) in [7, 11) is -1.94. The predicted molar refractivity (Wildman–Crippen MR) is 101 cm³/mol. The summed E-state index contributed by atoms with van der Waals surface area (Å²) in [6, 6.07) is 15.3. The Bertz CT molecular complexity index is 844. The number of hydrogen-bond acceptors (Lipinski definition) is 3. The molecule has 0 unspecified atom stereocenters. The monoisotopic (exact) mass is 359 g/mol. The van der Waals surface area contributed by atoms with Gasteiger partial charge in [-0.15, -0.1) is 0 Å². The van der Waals surface area contributed by atoms with E-state index in [2.05, 4.69) is 0 Å². The molecule has 0 aliphatic carbocycles. The Morgan fingerprint density at radius 2 is 1.72 bits per heavy atom. The van der Waals surface area contributed by atoms with Crippen LogP contribution < -0.4 is 0 Å². The minimum absolute atomic E-state index is 0.118. The fraction of sp³-hybridized carbons (Fsp3) is 0.350. The van der Waals surface area contributed by atoms with Gasteiger partial charge >= 0.3 is 0 Å². The fourth-order valence-corrected chi connectivity index (χ4v) is 4.18. The first-order chi connectivity index (χ1) is 11.7. The molecule has 0 saturated carbocycles. The van der Waals surface area contributed by atoms with Gasteiger partial charge in [0.25, 0.3) is 0 Å². The van der Waals surface area contributed by atoms with Crippen molar-refractivity contribution in [2.45, 2.75) is 38.3 Å². The highest BCUT2D eigenvalue weighted by Gasteiger charge is 2.30. The van der Waals surface area contributed by atoms with Crippen molar-refractivity contribution in [3.8, 4) is 0 Å². The van der Waals surface area contributed by atoms with Crippen LogP contribution in [0.25, 0.3) is 0 Å². The number of sulfone groups is 1. The van der Waals surface area contributed by atoms with Crippen LogP contribution in [0, 0.1) is 13.8 Å². The highest BCUT2D eigenvalue weighted by molar-refractivity contribution is 7.92. The molecule has 0 aromatic heterocycles. The van der Waals surface area contributed by atoms with Crippen LogP contribution in [0.15, 0.2) is 48.5 Å². The Morgan fingerprint density at radius 3 is 2.36 bits per heavy atom. The predicted octanol–water partition coefficient (Wildman–Crippen LogP) is 3.27. The van der Waals surface area contributed by atoms with Gasteiger partial charge in [0.2, 0.25) is 5.91 Å². The Labute approximate surface area is 150 Å². The van der Waals surface area contributed by atoms with Crippen LogP contribution in [0.5, 0.6) is 0 Å². The van der Waals surface area contributed by atoms with Gasteiger partial charge in [0.05, 0.1) is 5.75 Å². The van der Waals surface area contributed by atoms with E-state index in [0.29, 0.717) is 6.54 Å². The Kier molecular flexibility index (Phi) is 6.01. The molecular weight excluding hydrogens is 334 g/mol. The minimum Gasteiger partial charge on any atom is -0.340 e. The van der Waals surface area contributed by atoms with Gasteiger partial charge < -0.3 is 4.90 Å². The molecular formula is C20H25NO3S. The molecule has 2 rings (SSSR count). The van der Waals surface area contributed by atoms with Crippen molar-refractivity contribution in [3.63, 3.8) is 0 Å². The second kappa shape index (κ2) is 7.83. The van der Waals surface area contributed by atoms with E-state index in [9.17, 15) is 13.2 Å². The first-order valence-corrected chi connectivity index (χ1v) is 9.99. The lowest BCUT2D eigenvalue weighted by atomic mass is 10.1. The number of nitrogens with zero attached hydrogens (tertiary/aromatic N) is 1. The molecule has 2 aromatic rings. The number of aryl methyl sites for hydroxylation is 2. The summed E-state index contributed by atoms with van der Waals surface area (Å²) < 4.78 is 25.4. The van der Waals surface area contributed by atoms with Crippen molar-refractivity contribution >= 4 is 15.7 Å². The Morgan fingerprint density at radius 1 is 1.08 bits per heavy atom. The van der Waals surface area contributed by atoms with Gasteiger partial charge in [0, 0.05) is 13.6 Å². The van der Waals surface area contributed by atoms with Crippen molar-refractivity contribution in [1.29, 1.82) is 0 Å². The zero-order chi connectivity index (χ0) is 18.6. The number of carbonyl (C=O) groups excluding carboxylic acids is 1. The van der Waals surface area contributed by atoms with Gasteiger partial charge in [0.15, 0.2) is 9.84 Å². The van der Waals surface area contributed by atoms with Crippen LogP contribution in [-0.4, -0.2) is 31.5 Å². The van der Waals surface area contributed by atoms with Crippen LogP contribution in [0.3, 0.4) is 0 Å². The summed E-state index contributed by atoms with van der Waals surface area (Å²) >= 11 is 0. The molecule has 1 atom stereocenters. The van der Waals surface area contributed by atoms with Crippen molar-refractivity contribution in [2.75, 3.05) is 7.05 Å². The average Bonchev–Trinajstić information content (AvgIpc) is 2.57. The van der Waals surface area contributed by atoms with Gasteiger partial charge in [-0.3, -0.25) is 4.79 Å². The lowest BCUT2D eigenvalue weighted by Gasteiger charge is -2.22. The van der Waals surface area contributed by atoms with Crippen LogP contribution in [-0.2, 0) is 26.9 Å². The van der Waals surface area contributed by atoms with E-state index >= 15 is 0 Å².